The Balaban J connectivity index is 1.52. The number of quaternary nitrogens is 2. The molecule has 0 bridgehead atoms. The maximum Gasteiger partial charge on any atom is 0.216 e. The molecule has 1 N–H and O–H groups in total. The van der Waals surface area contributed by atoms with Crippen LogP contribution in [0.15, 0.2) is 60.7 Å². The third-order valence-electron chi connectivity index (χ3n) is 5.14. The number of rotatable bonds is 6. The van der Waals surface area contributed by atoms with Gasteiger partial charge in [0.15, 0.2) is 0 Å². The zero-order valence-electron chi connectivity index (χ0n) is 14.8. The van der Waals surface area contributed by atoms with Crippen molar-refractivity contribution in [2.75, 3.05) is 46.3 Å². The summed E-state index contributed by atoms with van der Waals surface area (Å²) in [6.07, 6.45) is 0. The van der Waals surface area contributed by atoms with E-state index in [1.165, 1.54) is 4.90 Å². The lowest BCUT2D eigenvalue weighted by molar-refractivity contribution is -1.01. The van der Waals surface area contributed by atoms with Crippen LogP contribution in [0.4, 0.5) is 0 Å². The highest BCUT2D eigenvalue weighted by atomic mass is 16.1. The molecule has 130 valence electrons. The number of benzene rings is 2. The molecule has 0 saturated carbocycles. The molecule has 3 rings (SSSR count). The molecular weight excluding hydrogens is 312 g/mol. The molecule has 0 atom stereocenters. The van der Waals surface area contributed by atoms with Gasteiger partial charge in [0.1, 0.15) is 39.3 Å². The van der Waals surface area contributed by atoms with Crippen molar-refractivity contribution in [3.63, 3.8) is 0 Å². The summed E-state index contributed by atoms with van der Waals surface area (Å²) >= 11 is 0. The van der Waals surface area contributed by atoms with Gasteiger partial charge in [-0.3, -0.25) is 9.59 Å². The third-order valence-corrected chi connectivity index (χ3v) is 5.14. The zero-order chi connectivity index (χ0) is 17.7. The van der Waals surface area contributed by atoms with Crippen molar-refractivity contribution in [1.82, 2.24) is 0 Å². The van der Waals surface area contributed by atoms with E-state index in [0.717, 1.165) is 41.8 Å². The third kappa shape index (κ3) is 4.62. The molecule has 1 fully saturated rings. The van der Waals surface area contributed by atoms with E-state index in [0.29, 0.717) is 13.1 Å². The van der Waals surface area contributed by atoms with Gasteiger partial charge in [0.25, 0.3) is 0 Å². The minimum Gasteiger partial charge on any atom is -0.319 e. The first-order chi connectivity index (χ1) is 12.1. The second-order valence-corrected chi connectivity index (χ2v) is 7.23. The molecule has 25 heavy (non-hydrogen) atoms. The lowest BCUT2D eigenvalue weighted by atomic mass is 10.1. The van der Waals surface area contributed by atoms with Gasteiger partial charge in [0.2, 0.25) is 11.6 Å². The first kappa shape index (κ1) is 17.5. The van der Waals surface area contributed by atoms with Gasteiger partial charge < -0.3 is 9.38 Å². The fraction of sp³-hybridized carbons (Fsp3) is 0.333. The molecule has 0 radical (unpaired) electrons. The number of hydrogen-bond acceptors (Lipinski definition) is 2. The highest BCUT2D eigenvalue weighted by Crippen LogP contribution is 2.08. The van der Waals surface area contributed by atoms with Crippen LogP contribution in [-0.4, -0.2) is 62.4 Å². The van der Waals surface area contributed by atoms with E-state index in [2.05, 4.69) is 7.05 Å². The van der Waals surface area contributed by atoms with Crippen LogP contribution in [0.25, 0.3) is 0 Å². The summed E-state index contributed by atoms with van der Waals surface area (Å²) in [5.74, 6) is 0.402. The van der Waals surface area contributed by atoms with Crippen molar-refractivity contribution in [1.29, 1.82) is 0 Å². The first-order valence-electron chi connectivity index (χ1n) is 8.89. The molecule has 4 nitrogen and oxygen atoms in total. The molecule has 1 heterocycles. The lowest BCUT2D eigenvalue weighted by Gasteiger charge is -2.39. The van der Waals surface area contributed by atoms with Crippen LogP contribution in [0.2, 0.25) is 0 Å². The lowest BCUT2D eigenvalue weighted by Crippen LogP contribution is -3.16. The van der Waals surface area contributed by atoms with Crippen molar-refractivity contribution in [3.05, 3.63) is 71.8 Å². The second-order valence-electron chi connectivity index (χ2n) is 7.23. The first-order valence-corrected chi connectivity index (χ1v) is 8.89. The maximum absolute atomic E-state index is 12.5. The predicted octanol–water partition coefficient (Wildman–Crippen LogP) is 1.10. The molecule has 0 aromatic heterocycles. The van der Waals surface area contributed by atoms with Gasteiger partial charge in [-0.25, -0.2) is 0 Å². The molecule has 2 aromatic rings. The summed E-state index contributed by atoms with van der Waals surface area (Å²) < 4.78 is 0.761. The summed E-state index contributed by atoms with van der Waals surface area (Å²) in [6.45, 7) is 4.78. The van der Waals surface area contributed by atoms with Crippen LogP contribution in [-0.2, 0) is 0 Å². The van der Waals surface area contributed by atoms with Gasteiger partial charge in [0.05, 0.1) is 7.05 Å². The van der Waals surface area contributed by atoms with Crippen LogP contribution in [0.5, 0.6) is 0 Å². The smallest absolute Gasteiger partial charge is 0.216 e. The van der Waals surface area contributed by atoms with Crippen molar-refractivity contribution in [3.8, 4) is 0 Å². The minimum atomic E-state index is 0.201. The SMILES string of the molecule is C[N+]1(CC(=O)c2ccccc2)CC[NH+](CC(=O)c2ccccc2)CC1. The van der Waals surface area contributed by atoms with E-state index in [1.54, 1.807) is 0 Å². The normalized spacial score (nSPS) is 23.2. The van der Waals surface area contributed by atoms with Crippen molar-refractivity contribution in [2.45, 2.75) is 0 Å². The Bertz CT molecular complexity index is 720. The van der Waals surface area contributed by atoms with Gasteiger partial charge in [0, 0.05) is 11.1 Å². The predicted molar refractivity (Wildman–Crippen MR) is 97.9 cm³/mol. The van der Waals surface area contributed by atoms with Crippen molar-refractivity contribution in [2.24, 2.45) is 0 Å². The summed E-state index contributed by atoms with van der Waals surface area (Å²) in [6, 6.07) is 19.0. The van der Waals surface area contributed by atoms with E-state index >= 15 is 0 Å². The Kier molecular flexibility index (Phi) is 5.41. The molecule has 0 aliphatic carbocycles. The molecule has 0 spiro atoms. The van der Waals surface area contributed by atoms with Crippen LogP contribution in [0.3, 0.4) is 0 Å². The number of nitrogens with zero attached hydrogens (tertiary/aromatic N) is 1. The fourth-order valence-corrected chi connectivity index (χ4v) is 3.44. The maximum atomic E-state index is 12.5. The molecule has 0 unspecified atom stereocenters. The highest BCUT2D eigenvalue weighted by molar-refractivity contribution is 5.97. The number of hydrogen-bond donors (Lipinski definition) is 1. The van der Waals surface area contributed by atoms with Gasteiger partial charge >= 0.3 is 0 Å². The molecular formula is C21H26N2O2+2. The number of nitrogens with one attached hydrogen (secondary N) is 1. The Labute approximate surface area is 149 Å². The standard InChI is InChI=1S/C21H25N2O2/c1-23(17-21(25)19-10-6-3-7-11-19)14-12-22(13-15-23)16-20(24)18-8-4-2-5-9-18/h2-11H,12-17H2,1H3/q+1/p+1. The molecule has 2 aromatic carbocycles. The van der Waals surface area contributed by atoms with E-state index in [4.69, 9.17) is 0 Å². The van der Waals surface area contributed by atoms with E-state index in [-0.39, 0.29) is 11.6 Å². The number of ketones is 2. The fourth-order valence-electron chi connectivity index (χ4n) is 3.44. The molecule has 1 aliphatic rings. The van der Waals surface area contributed by atoms with Crippen LogP contribution >= 0.6 is 0 Å². The summed E-state index contributed by atoms with van der Waals surface area (Å²) in [5.41, 5.74) is 1.58. The van der Waals surface area contributed by atoms with E-state index in [9.17, 15) is 9.59 Å². The van der Waals surface area contributed by atoms with Gasteiger partial charge in [-0.1, -0.05) is 60.7 Å². The number of piperazine rings is 1. The summed E-state index contributed by atoms with van der Waals surface area (Å²) in [7, 11) is 2.15. The monoisotopic (exact) mass is 338 g/mol. The molecule has 1 saturated heterocycles. The van der Waals surface area contributed by atoms with Gasteiger partial charge in [-0.15, -0.1) is 0 Å². The van der Waals surface area contributed by atoms with E-state index < -0.39 is 0 Å². The van der Waals surface area contributed by atoms with Gasteiger partial charge in [-0.05, 0) is 0 Å². The number of carbonyl (C=O) groups excluding carboxylic acids is 2. The Morgan fingerprint density at radius 3 is 1.84 bits per heavy atom. The molecule has 1 aliphatic heterocycles. The highest BCUT2D eigenvalue weighted by Gasteiger charge is 2.34. The number of carbonyl (C=O) groups is 2. The van der Waals surface area contributed by atoms with Crippen LogP contribution in [0, 0.1) is 0 Å². The summed E-state index contributed by atoms with van der Waals surface area (Å²) in [5, 5.41) is 0. The van der Waals surface area contributed by atoms with Crippen molar-refractivity contribution < 1.29 is 19.0 Å². The Hall–Kier alpha value is -2.30. The minimum absolute atomic E-state index is 0.201. The number of Topliss-reactive ketones (excluding diaryl/α,β-unsaturated/α-hetero) is 2. The average Bonchev–Trinajstić information content (AvgIpc) is 2.65. The van der Waals surface area contributed by atoms with Gasteiger partial charge in [-0.2, -0.15) is 0 Å². The number of likely N-dealkylation sites (N-methyl/N-ethyl adjacent to an activating group) is 1. The quantitative estimate of drug-likeness (QED) is 0.633. The Morgan fingerprint density at radius 2 is 1.32 bits per heavy atom. The summed E-state index contributed by atoms with van der Waals surface area (Å²) in [4.78, 5) is 26.2. The molecule has 4 heteroatoms. The molecule has 0 amide bonds. The second kappa shape index (κ2) is 7.72. The largest absolute Gasteiger partial charge is 0.319 e. The van der Waals surface area contributed by atoms with Crippen LogP contribution in [0.1, 0.15) is 20.7 Å². The zero-order valence-corrected chi connectivity index (χ0v) is 14.8. The topological polar surface area (TPSA) is 38.6 Å². The van der Waals surface area contributed by atoms with Crippen molar-refractivity contribution >= 4 is 11.6 Å². The van der Waals surface area contributed by atoms with E-state index in [1.807, 2.05) is 60.7 Å². The average molecular weight is 338 g/mol. The van der Waals surface area contributed by atoms with Crippen LogP contribution < -0.4 is 4.90 Å². The Morgan fingerprint density at radius 1 is 0.840 bits per heavy atom.